The van der Waals surface area contributed by atoms with Gasteiger partial charge in [-0.05, 0) is 32.8 Å². The molecule has 1 atom stereocenters. The zero-order chi connectivity index (χ0) is 19.3. The fourth-order valence-corrected chi connectivity index (χ4v) is 3.98. The van der Waals surface area contributed by atoms with Crippen molar-refractivity contribution in [2.75, 3.05) is 32.2 Å². The molecule has 0 fully saturated rings. The van der Waals surface area contributed by atoms with Crippen LogP contribution in [0, 0.1) is 6.92 Å². The second-order valence-corrected chi connectivity index (χ2v) is 7.48. The quantitative estimate of drug-likeness (QED) is 0.695. The minimum atomic E-state index is -0.0792. The Morgan fingerprint density at radius 1 is 1.42 bits per heavy atom. The van der Waals surface area contributed by atoms with Gasteiger partial charge >= 0.3 is 0 Å². The molecule has 2 heterocycles. The molecule has 0 unspecified atom stereocenters. The first kappa shape index (κ1) is 20.5. The summed E-state index contributed by atoms with van der Waals surface area (Å²) in [5.41, 5.74) is 0.869. The Balaban J connectivity index is 2.44. The molecule has 0 bridgehead atoms. The summed E-state index contributed by atoms with van der Waals surface area (Å²) in [6.07, 6.45) is 2.41. The van der Waals surface area contributed by atoms with Crippen LogP contribution in [0.1, 0.15) is 42.4 Å². The molecule has 0 saturated carbocycles. The molecule has 0 aromatic carbocycles. The van der Waals surface area contributed by atoms with Gasteiger partial charge in [-0.25, -0.2) is 9.97 Å². The predicted molar refractivity (Wildman–Crippen MR) is 105 cm³/mol. The van der Waals surface area contributed by atoms with E-state index in [1.54, 1.807) is 12.0 Å². The highest BCUT2D eigenvalue weighted by molar-refractivity contribution is 7.20. The van der Waals surface area contributed by atoms with Gasteiger partial charge in [0.05, 0.1) is 29.5 Å². The minimum absolute atomic E-state index is 0.00844. The fourth-order valence-electron chi connectivity index (χ4n) is 2.87. The van der Waals surface area contributed by atoms with Crippen molar-refractivity contribution in [1.82, 2.24) is 14.9 Å². The Kier molecular flexibility index (Phi) is 7.31. The maximum atomic E-state index is 13.0. The van der Waals surface area contributed by atoms with Crippen LogP contribution in [-0.2, 0) is 4.74 Å². The molecule has 2 N–H and O–H groups in total. The zero-order valence-electron chi connectivity index (χ0n) is 16.1. The van der Waals surface area contributed by atoms with Crippen molar-refractivity contribution in [3.05, 3.63) is 16.8 Å². The molecular weight excluding hydrogens is 352 g/mol. The Hall–Kier alpha value is -1.77. The number of hydrogen-bond donors (Lipinski definition) is 2. The van der Waals surface area contributed by atoms with Crippen molar-refractivity contribution in [3.8, 4) is 0 Å². The number of methoxy groups -OCH3 is 1. The molecule has 7 nitrogen and oxygen atoms in total. The predicted octanol–water partition coefficient (Wildman–Crippen LogP) is 2.68. The van der Waals surface area contributed by atoms with Gasteiger partial charge in [0.1, 0.15) is 17.0 Å². The van der Waals surface area contributed by atoms with Crippen LogP contribution in [0.5, 0.6) is 0 Å². The number of amides is 1. The van der Waals surface area contributed by atoms with Gasteiger partial charge in [-0.1, -0.05) is 6.92 Å². The minimum Gasteiger partial charge on any atom is -0.395 e. The number of nitrogens with zero attached hydrogens (tertiary/aromatic N) is 3. The standard InChI is InChI=1S/C18H28N4O3S/c1-6-13(9-25-5)21-16-14-12(4)15(26-17(14)20-10-19-16)18(24)22(7-8-23)11(2)3/h10-11,13,23H,6-9H2,1-5H3,(H,19,20,21)/t13-/m1/s1. The molecule has 0 aliphatic rings. The Morgan fingerprint density at radius 2 is 2.15 bits per heavy atom. The van der Waals surface area contributed by atoms with Crippen molar-refractivity contribution in [2.24, 2.45) is 0 Å². The number of aromatic nitrogens is 2. The average molecular weight is 381 g/mol. The van der Waals surface area contributed by atoms with Gasteiger partial charge < -0.3 is 20.1 Å². The van der Waals surface area contributed by atoms with E-state index in [-0.39, 0.29) is 24.6 Å². The highest BCUT2D eigenvalue weighted by Crippen LogP contribution is 2.34. The van der Waals surface area contributed by atoms with Gasteiger partial charge in [-0.2, -0.15) is 0 Å². The Morgan fingerprint density at radius 3 is 2.73 bits per heavy atom. The van der Waals surface area contributed by atoms with Gasteiger partial charge in [0.25, 0.3) is 5.91 Å². The first-order valence-electron chi connectivity index (χ1n) is 8.85. The lowest BCUT2D eigenvalue weighted by atomic mass is 10.1. The van der Waals surface area contributed by atoms with Crippen LogP contribution in [0.25, 0.3) is 10.2 Å². The van der Waals surface area contributed by atoms with Crippen LogP contribution < -0.4 is 5.32 Å². The molecular formula is C18H28N4O3S. The number of carbonyl (C=O) groups excluding carboxylic acids is 1. The molecule has 26 heavy (non-hydrogen) atoms. The lowest BCUT2D eigenvalue weighted by Crippen LogP contribution is -2.38. The monoisotopic (exact) mass is 380 g/mol. The third-order valence-electron chi connectivity index (χ3n) is 4.35. The summed E-state index contributed by atoms with van der Waals surface area (Å²) in [6.45, 7) is 8.73. The molecule has 2 aromatic rings. The van der Waals surface area contributed by atoms with E-state index < -0.39 is 0 Å². The summed E-state index contributed by atoms with van der Waals surface area (Å²) < 4.78 is 5.25. The van der Waals surface area contributed by atoms with Crippen molar-refractivity contribution in [2.45, 2.75) is 46.2 Å². The number of carbonyl (C=O) groups is 1. The van der Waals surface area contributed by atoms with Crippen molar-refractivity contribution in [3.63, 3.8) is 0 Å². The molecule has 0 aliphatic carbocycles. The summed E-state index contributed by atoms with van der Waals surface area (Å²) in [5.74, 6) is 0.648. The van der Waals surface area contributed by atoms with E-state index >= 15 is 0 Å². The smallest absolute Gasteiger partial charge is 0.264 e. The van der Waals surface area contributed by atoms with Crippen molar-refractivity contribution in [1.29, 1.82) is 0 Å². The Bertz CT molecular complexity index is 747. The van der Waals surface area contributed by atoms with E-state index in [1.165, 1.54) is 17.7 Å². The van der Waals surface area contributed by atoms with Crippen LogP contribution in [-0.4, -0.2) is 64.8 Å². The molecule has 8 heteroatoms. The number of nitrogens with one attached hydrogen (secondary N) is 1. The van der Waals surface area contributed by atoms with E-state index in [1.807, 2.05) is 20.8 Å². The van der Waals surface area contributed by atoms with E-state index in [0.717, 1.165) is 28.0 Å². The number of thiophene rings is 1. The maximum absolute atomic E-state index is 13.0. The van der Waals surface area contributed by atoms with E-state index in [4.69, 9.17) is 4.74 Å². The third kappa shape index (κ3) is 4.31. The summed E-state index contributed by atoms with van der Waals surface area (Å²) in [4.78, 5) is 24.8. The number of aliphatic hydroxyl groups is 1. The summed E-state index contributed by atoms with van der Waals surface area (Å²) in [6, 6.07) is 0.146. The maximum Gasteiger partial charge on any atom is 0.264 e. The highest BCUT2D eigenvalue weighted by Gasteiger charge is 2.25. The van der Waals surface area contributed by atoms with Crippen LogP contribution in [0.4, 0.5) is 5.82 Å². The van der Waals surface area contributed by atoms with E-state index in [0.29, 0.717) is 18.0 Å². The number of anilines is 1. The normalized spacial score (nSPS) is 12.6. The number of aryl methyl sites for hydroxylation is 1. The van der Waals surface area contributed by atoms with Crippen molar-refractivity contribution < 1.29 is 14.6 Å². The lowest BCUT2D eigenvalue weighted by molar-refractivity contribution is 0.0670. The van der Waals surface area contributed by atoms with Crippen molar-refractivity contribution >= 4 is 33.3 Å². The molecule has 0 spiro atoms. The van der Waals surface area contributed by atoms with Gasteiger partial charge in [-0.15, -0.1) is 11.3 Å². The van der Waals surface area contributed by atoms with Gasteiger partial charge in [-0.3, -0.25) is 4.79 Å². The number of rotatable bonds is 9. The molecule has 1 amide bonds. The first-order valence-corrected chi connectivity index (χ1v) is 9.67. The van der Waals surface area contributed by atoms with Crippen LogP contribution >= 0.6 is 11.3 Å². The first-order chi connectivity index (χ1) is 12.4. The molecule has 0 saturated heterocycles. The molecule has 2 rings (SSSR count). The van der Waals surface area contributed by atoms with E-state index in [9.17, 15) is 9.90 Å². The fraction of sp³-hybridized carbons (Fsp3) is 0.611. The highest BCUT2D eigenvalue weighted by atomic mass is 32.1. The second-order valence-electron chi connectivity index (χ2n) is 6.48. The number of aliphatic hydroxyl groups excluding tert-OH is 1. The van der Waals surface area contributed by atoms with Crippen LogP contribution in [0.2, 0.25) is 0 Å². The summed E-state index contributed by atoms with van der Waals surface area (Å²) in [5, 5.41) is 13.6. The third-order valence-corrected chi connectivity index (χ3v) is 5.54. The van der Waals surface area contributed by atoms with E-state index in [2.05, 4.69) is 22.2 Å². The number of fused-ring (bicyclic) bond motifs is 1. The molecule has 0 aliphatic heterocycles. The van der Waals surface area contributed by atoms with Crippen LogP contribution in [0.3, 0.4) is 0 Å². The van der Waals surface area contributed by atoms with Gasteiger partial charge in [0.15, 0.2) is 0 Å². The van der Waals surface area contributed by atoms with Crippen LogP contribution in [0.15, 0.2) is 6.33 Å². The molecule has 0 radical (unpaired) electrons. The second kappa shape index (κ2) is 9.25. The van der Waals surface area contributed by atoms with Gasteiger partial charge in [0, 0.05) is 19.7 Å². The Labute approximate surface area is 158 Å². The topological polar surface area (TPSA) is 87.6 Å². The number of hydrogen-bond acceptors (Lipinski definition) is 7. The number of ether oxygens (including phenoxy) is 1. The SMILES string of the molecule is CC[C@H](COC)Nc1ncnc2sc(C(=O)N(CCO)C(C)C)c(C)c12. The lowest BCUT2D eigenvalue weighted by Gasteiger charge is -2.25. The van der Waals surface area contributed by atoms with Gasteiger partial charge in [0.2, 0.25) is 0 Å². The molecule has 144 valence electrons. The average Bonchev–Trinajstić information content (AvgIpc) is 2.96. The largest absolute Gasteiger partial charge is 0.395 e. The summed E-state index contributed by atoms with van der Waals surface area (Å²) >= 11 is 1.37. The zero-order valence-corrected chi connectivity index (χ0v) is 16.9. The summed E-state index contributed by atoms with van der Waals surface area (Å²) in [7, 11) is 1.67. The molecule has 2 aromatic heterocycles.